The maximum atomic E-state index is 5.11. The normalized spacial score (nSPS) is 15.2. The fourth-order valence-corrected chi connectivity index (χ4v) is 1.57. The van der Waals surface area contributed by atoms with Crippen LogP contribution in [0.5, 0.6) is 0 Å². The molecule has 16 heavy (non-hydrogen) atoms. The Balaban J connectivity index is 2.11. The summed E-state index contributed by atoms with van der Waals surface area (Å²) in [6.07, 6.45) is 3.49. The lowest BCUT2D eigenvalue weighted by Crippen LogP contribution is -2.33. The van der Waals surface area contributed by atoms with E-state index in [1.807, 2.05) is 6.07 Å². The van der Waals surface area contributed by atoms with Gasteiger partial charge in [0.15, 0.2) is 5.82 Å². The number of nitrogens with one attached hydrogen (secondary N) is 1. The number of rotatable bonds is 5. The van der Waals surface area contributed by atoms with Crippen LogP contribution in [0.1, 0.15) is 5.56 Å². The lowest BCUT2D eigenvalue weighted by Gasteiger charge is -2.26. The van der Waals surface area contributed by atoms with E-state index in [4.69, 9.17) is 4.74 Å². The highest BCUT2D eigenvalue weighted by atomic mass is 16.5. The molecule has 0 unspecified atom stereocenters. The van der Waals surface area contributed by atoms with Crippen LogP contribution in [0.2, 0.25) is 0 Å². The molecular weight excluding hydrogens is 202 g/mol. The summed E-state index contributed by atoms with van der Waals surface area (Å²) in [7, 11) is 0. The first-order chi connectivity index (χ1) is 7.85. The van der Waals surface area contributed by atoms with Gasteiger partial charge in [0.2, 0.25) is 0 Å². The van der Waals surface area contributed by atoms with Crippen molar-refractivity contribution in [3.63, 3.8) is 0 Å². The highest BCUT2D eigenvalue weighted by Crippen LogP contribution is 2.27. The zero-order valence-electron chi connectivity index (χ0n) is 9.15. The Morgan fingerprint density at radius 1 is 1.62 bits per heavy atom. The molecule has 2 rings (SSSR count). The summed E-state index contributed by atoms with van der Waals surface area (Å²) in [5, 5.41) is 3.27. The van der Waals surface area contributed by atoms with Crippen LogP contribution in [0.3, 0.4) is 0 Å². The smallest absolute Gasteiger partial charge is 0.152 e. The molecule has 2 heterocycles. The molecule has 0 radical (unpaired) electrons. The van der Waals surface area contributed by atoms with Gasteiger partial charge in [0.05, 0.1) is 13.2 Å². The van der Waals surface area contributed by atoms with Crippen molar-refractivity contribution in [2.45, 2.75) is 0 Å². The summed E-state index contributed by atoms with van der Waals surface area (Å²) in [4.78, 5) is 8.24. The van der Waals surface area contributed by atoms with E-state index in [0.717, 1.165) is 36.8 Å². The summed E-state index contributed by atoms with van der Waals surface area (Å²) >= 11 is 0. The van der Waals surface area contributed by atoms with Gasteiger partial charge in [-0.2, -0.15) is 0 Å². The minimum atomic E-state index is 0.576. The summed E-state index contributed by atoms with van der Waals surface area (Å²) < 4.78 is 5.11. The monoisotopic (exact) mass is 217 g/mol. The number of pyridine rings is 1. The lowest BCUT2D eigenvalue weighted by molar-refractivity contribution is -0.0248. The van der Waals surface area contributed by atoms with Crippen LogP contribution in [0.25, 0.3) is 6.08 Å². The topological polar surface area (TPSA) is 46.5 Å². The predicted octanol–water partition coefficient (Wildman–Crippen LogP) is 2.12. The van der Waals surface area contributed by atoms with Gasteiger partial charge in [-0.25, -0.2) is 4.98 Å². The third-order valence-electron chi connectivity index (χ3n) is 2.60. The fraction of sp³-hybridized carbons (Fsp3) is 0.333. The van der Waals surface area contributed by atoms with Crippen LogP contribution >= 0.6 is 0 Å². The zero-order chi connectivity index (χ0) is 11.4. The van der Waals surface area contributed by atoms with Crippen molar-refractivity contribution in [1.82, 2.24) is 4.98 Å². The molecule has 1 N–H and O–H groups in total. The quantitative estimate of drug-likeness (QED) is 0.768. The summed E-state index contributed by atoms with van der Waals surface area (Å²) in [5.74, 6) is 1.34. The van der Waals surface area contributed by atoms with Gasteiger partial charge < -0.3 is 10.1 Å². The minimum Gasteiger partial charge on any atom is -0.381 e. The third kappa shape index (κ3) is 2.12. The van der Waals surface area contributed by atoms with Crippen molar-refractivity contribution in [1.29, 1.82) is 0 Å². The zero-order valence-corrected chi connectivity index (χ0v) is 9.15. The fourth-order valence-electron chi connectivity index (χ4n) is 1.57. The SMILES string of the molecule is C=Cc1ccnc(NCC2COC2)c1N=C. The highest BCUT2D eigenvalue weighted by molar-refractivity contribution is 5.74. The first-order valence-electron chi connectivity index (χ1n) is 5.25. The first kappa shape index (κ1) is 10.8. The molecular formula is C12H15N3O. The van der Waals surface area contributed by atoms with Gasteiger partial charge >= 0.3 is 0 Å². The van der Waals surface area contributed by atoms with E-state index in [1.54, 1.807) is 12.3 Å². The molecule has 0 aromatic carbocycles. The maximum Gasteiger partial charge on any atom is 0.152 e. The van der Waals surface area contributed by atoms with E-state index in [2.05, 4.69) is 28.6 Å². The van der Waals surface area contributed by atoms with Crippen LogP contribution in [0.15, 0.2) is 23.8 Å². The molecule has 1 fully saturated rings. The average molecular weight is 217 g/mol. The van der Waals surface area contributed by atoms with E-state index in [9.17, 15) is 0 Å². The molecule has 0 aliphatic carbocycles. The van der Waals surface area contributed by atoms with Crippen molar-refractivity contribution < 1.29 is 4.74 Å². The Morgan fingerprint density at radius 2 is 2.44 bits per heavy atom. The molecule has 1 saturated heterocycles. The van der Waals surface area contributed by atoms with Gasteiger partial charge in [0.1, 0.15) is 5.69 Å². The molecule has 84 valence electrons. The molecule has 4 heteroatoms. The van der Waals surface area contributed by atoms with E-state index in [0.29, 0.717) is 5.92 Å². The summed E-state index contributed by atoms with van der Waals surface area (Å²) in [6, 6.07) is 1.87. The molecule has 0 spiro atoms. The average Bonchev–Trinajstić information content (AvgIpc) is 2.26. The number of ether oxygens (including phenoxy) is 1. The minimum absolute atomic E-state index is 0.576. The van der Waals surface area contributed by atoms with Gasteiger partial charge in [-0.1, -0.05) is 12.7 Å². The first-order valence-corrected chi connectivity index (χ1v) is 5.25. The molecule has 0 bridgehead atoms. The van der Waals surface area contributed by atoms with E-state index < -0.39 is 0 Å². The van der Waals surface area contributed by atoms with Crippen LogP contribution in [-0.4, -0.2) is 31.5 Å². The molecule has 0 atom stereocenters. The standard InChI is InChI=1S/C12H15N3O/c1-3-10-4-5-14-12(11(10)13-2)15-6-9-7-16-8-9/h3-5,9H,1-2,6-8H2,(H,14,15). The molecule has 0 saturated carbocycles. The Morgan fingerprint density at radius 3 is 3.00 bits per heavy atom. The molecule has 1 aromatic rings. The summed E-state index contributed by atoms with van der Waals surface area (Å²) in [6.45, 7) is 9.80. The molecule has 1 aliphatic rings. The van der Waals surface area contributed by atoms with Crippen molar-refractivity contribution in [2.24, 2.45) is 10.9 Å². The summed E-state index contributed by atoms with van der Waals surface area (Å²) in [5.41, 5.74) is 1.70. The Bertz CT molecular complexity index is 399. The van der Waals surface area contributed by atoms with Gasteiger partial charge in [-0.15, -0.1) is 0 Å². The second-order valence-electron chi connectivity index (χ2n) is 3.74. The molecule has 1 aliphatic heterocycles. The number of aliphatic imine (C=N–C) groups is 1. The van der Waals surface area contributed by atoms with Crippen molar-refractivity contribution in [2.75, 3.05) is 25.1 Å². The predicted molar refractivity (Wildman–Crippen MR) is 66.3 cm³/mol. The second-order valence-corrected chi connectivity index (χ2v) is 3.74. The van der Waals surface area contributed by atoms with Crippen LogP contribution in [-0.2, 0) is 4.74 Å². The Hall–Kier alpha value is -1.68. The van der Waals surface area contributed by atoms with Crippen molar-refractivity contribution in [3.05, 3.63) is 24.4 Å². The largest absolute Gasteiger partial charge is 0.381 e. The second kappa shape index (κ2) is 4.90. The van der Waals surface area contributed by atoms with E-state index in [-0.39, 0.29) is 0 Å². The Labute approximate surface area is 95.1 Å². The van der Waals surface area contributed by atoms with Crippen molar-refractivity contribution >= 4 is 24.3 Å². The van der Waals surface area contributed by atoms with Gasteiger partial charge in [-0.3, -0.25) is 4.99 Å². The molecule has 4 nitrogen and oxygen atoms in total. The number of hydrogen-bond acceptors (Lipinski definition) is 4. The molecule has 0 amide bonds. The Kier molecular flexibility index (Phi) is 3.31. The number of hydrogen-bond donors (Lipinski definition) is 1. The number of anilines is 1. The lowest BCUT2D eigenvalue weighted by atomic mass is 10.1. The third-order valence-corrected chi connectivity index (χ3v) is 2.60. The van der Waals surface area contributed by atoms with Gasteiger partial charge in [0.25, 0.3) is 0 Å². The van der Waals surface area contributed by atoms with Crippen LogP contribution in [0, 0.1) is 5.92 Å². The molecule has 1 aromatic heterocycles. The number of aromatic nitrogens is 1. The maximum absolute atomic E-state index is 5.11. The van der Waals surface area contributed by atoms with E-state index >= 15 is 0 Å². The van der Waals surface area contributed by atoms with E-state index in [1.165, 1.54) is 0 Å². The van der Waals surface area contributed by atoms with Gasteiger partial charge in [0, 0.05) is 24.2 Å². The number of nitrogens with zero attached hydrogens (tertiary/aromatic N) is 2. The van der Waals surface area contributed by atoms with Crippen LogP contribution < -0.4 is 5.32 Å². The van der Waals surface area contributed by atoms with Crippen LogP contribution in [0.4, 0.5) is 11.5 Å². The van der Waals surface area contributed by atoms with Crippen molar-refractivity contribution in [3.8, 4) is 0 Å². The van der Waals surface area contributed by atoms with Gasteiger partial charge in [-0.05, 0) is 12.8 Å². The highest BCUT2D eigenvalue weighted by Gasteiger charge is 2.18.